The van der Waals surface area contributed by atoms with E-state index in [1.54, 1.807) is 0 Å². The second-order valence-electron chi connectivity index (χ2n) is 1.95. The molecule has 0 fully saturated rings. The van der Waals surface area contributed by atoms with Crippen LogP contribution in [0.15, 0.2) is 48.6 Å². The van der Waals surface area contributed by atoms with Crippen molar-refractivity contribution >= 4 is 14.4 Å². The van der Waals surface area contributed by atoms with Gasteiger partial charge in [-0.15, -0.1) is 0 Å². The van der Waals surface area contributed by atoms with Crippen molar-refractivity contribution in [3.05, 3.63) is 48.6 Å². The van der Waals surface area contributed by atoms with Crippen molar-refractivity contribution in [2.75, 3.05) is 0 Å². The van der Waals surface area contributed by atoms with Crippen molar-refractivity contribution in [2.24, 2.45) is 0 Å². The Hall–Kier alpha value is -1.26. The van der Waals surface area contributed by atoms with Gasteiger partial charge in [-0.3, -0.25) is 0 Å². The van der Waals surface area contributed by atoms with Crippen molar-refractivity contribution in [1.29, 1.82) is 0 Å². The van der Waals surface area contributed by atoms with Gasteiger partial charge in [-0.1, -0.05) is 48.6 Å². The van der Waals surface area contributed by atoms with Crippen molar-refractivity contribution in [2.45, 2.75) is 0 Å². The van der Waals surface area contributed by atoms with E-state index in [9.17, 15) is 14.4 Å². The fraction of sp³-hybridized carbons (Fsp3) is 0. The summed E-state index contributed by atoms with van der Waals surface area (Å²) >= 11 is -1.60. The van der Waals surface area contributed by atoms with E-state index in [2.05, 4.69) is 0 Å². The van der Waals surface area contributed by atoms with E-state index in [4.69, 9.17) is 0 Å². The molecule has 5 heteroatoms. The Morgan fingerprint density at radius 3 is 0.812 bits per heavy atom. The number of rotatable bonds is 0. The van der Waals surface area contributed by atoms with Crippen LogP contribution in [0.25, 0.3) is 0 Å². The summed E-state index contributed by atoms with van der Waals surface area (Å²) in [5.74, 6) is 0. The summed E-state index contributed by atoms with van der Waals surface area (Å²) < 4.78 is 0. The van der Waals surface area contributed by atoms with Gasteiger partial charge in [-0.2, -0.15) is 0 Å². The molecule has 1 rings (SSSR count). The Balaban J connectivity index is 0. The van der Waals surface area contributed by atoms with Crippen LogP contribution in [0.3, 0.4) is 0 Å². The number of carbonyl (C=O) groups excluding carboxylic acids is 3. The molecule has 0 aromatic rings. The third-order valence-corrected chi connectivity index (χ3v) is 1.65. The molecule has 16 heavy (non-hydrogen) atoms. The van der Waals surface area contributed by atoms with Crippen LogP contribution in [-0.2, 0) is 44.0 Å². The van der Waals surface area contributed by atoms with Crippen LogP contribution >= 0.6 is 0 Å². The number of hydrogen-bond donors (Lipinski definition) is 0. The zero-order valence-electron chi connectivity index (χ0n) is 8.00. The molecule has 1 aliphatic carbocycles. The predicted octanol–water partition coefficient (Wildman–Crippen LogP) is 1.03. The molecule has 0 saturated heterocycles. The molecule has 0 aromatic carbocycles. The summed E-state index contributed by atoms with van der Waals surface area (Å²) in [6, 6.07) is 0. The smallest absolute Gasteiger partial charge is 0 e. The monoisotopic (exact) mass is 307 g/mol. The van der Waals surface area contributed by atoms with E-state index < -0.39 is 12.6 Å². The first-order chi connectivity index (χ1) is 7.35. The summed E-state index contributed by atoms with van der Waals surface area (Å²) in [7, 11) is 0. The zero-order valence-corrected chi connectivity index (χ0v) is 10.0. The Morgan fingerprint density at radius 2 is 0.750 bits per heavy atom. The Labute approximate surface area is 107 Å². The Kier molecular flexibility index (Phi) is 14.7. The molecule has 3 nitrogen and oxygen atoms in total. The molecular formula is C11H8CuFeO3. The maximum absolute atomic E-state index is 9.33. The molecule has 0 radical (unpaired) electrons. The summed E-state index contributed by atoms with van der Waals surface area (Å²) in [4.78, 5) is 31.4. The van der Waals surface area contributed by atoms with Gasteiger partial charge in [0, 0.05) is 17.1 Å². The van der Waals surface area contributed by atoms with Crippen LogP contribution < -0.4 is 0 Å². The second-order valence-corrected chi connectivity index (χ2v) is 3.23. The standard InChI is InChI=1S/C8H8.3CO.Cu.Fe/c1-2-4-6-8-7-5-3-1;3*1-2;;/h1-8H;;;;;. The van der Waals surface area contributed by atoms with Crippen LogP contribution in [-0.4, -0.2) is 14.4 Å². The van der Waals surface area contributed by atoms with Gasteiger partial charge >= 0.3 is 41.3 Å². The molecule has 0 heterocycles. The van der Waals surface area contributed by atoms with Crippen molar-refractivity contribution in [1.82, 2.24) is 0 Å². The van der Waals surface area contributed by atoms with E-state index >= 15 is 0 Å². The fourth-order valence-electron chi connectivity index (χ4n) is 0.551. The molecular weight excluding hydrogens is 300 g/mol. The van der Waals surface area contributed by atoms with E-state index in [-0.39, 0.29) is 17.1 Å². The maximum Gasteiger partial charge on any atom is 0 e. The predicted molar refractivity (Wildman–Crippen MR) is 53.6 cm³/mol. The SMILES string of the molecule is C1=CC=CC=CC=C1.O=[C]=[Cu](=[C]=O)=[C]=O.[Fe]. The normalized spacial score (nSPS) is 11.4. The molecule has 0 saturated carbocycles. The Bertz CT molecular complexity index is 418. The number of allylic oxidation sites excluding steroid dienone is 8. The molecule has 0 N–H and O–H groups in total. The minimum Gasteiger partial charge on any atom is 0 e. The van der Waals surface area contributed by atoms with Crippen LogP contribution in [0.5, 0.6) is 0 Å². The topological polar surface area (TPSA) is 51.2 Å². The first kappa shape index (κ1) is 17.1. The molecule has 0 bridgehead atoms. The minimum atomic E-state index is -1.60. The zero-order chi connectivity index (χ0) is 11.4. The van der Waals surface area contributed by atoms with Gasteiger partial charge in [0.05, 0.1) is 0 Å². The second kappa shape index (κ2) is 13.7. The summed E-state index contributed by atoms with van der Waals surface area (Å²) in [6.45, 7) is 0. The molecule has 0 amide bonds. The molecule has 0 aromatic heterocycles. The molecule has 0 atom stereocenters. The van der Waals surface area contributed by atoms with Gasteiger partial charge < -0.3 is 0 Å². The largest absolute Gasteiger partial charge is 0 e. The summed E-state index contributed by atoms with van der Waals surface area (Å²) in [5.41, 5.74) is 0. The third-order valence-electron chi connectivity index (χ3n) is 1.07. The molecule has 0 unspecified atom stereocenters. The van der Waals surface area contributed by atoms with Gasteiger partial charge in [0.25, 0.3) is 0 Å². The van der Waals surface area contributed by atoms with E-state index in [1.165, 1.54) is 0 Å². The van der Waals surface area contributed by atoms with Gasteiger partial charge in [0.2, 0.25) is 0 Å². The maximum atomic E-state index is 9.33. The average Bonchev–Trinajstić information content (AvgIpc) is 2.20. The van der Waals surface area contributed by atoms with Crippen molar-refractivity contribution in [3.8, 4) is 0 Å². The summed E-state index contributed by atoms with van der Waals surface area (Å²) in [6.07, 6.45) is 16.0. The van der Waals surface area contributed by atoms with Gasteiger partial charge in [0.15, 0.2) is 0 Å². The van der Waals surface area contributed by atoms with Gasteiger partial charge in [-0.25, -0.2) is 0 Å². The molecule has 1 aliphatic rings. The minimum absolute atomic E-state index is 0. The van der Waals surface area contributed by atoms with Crippen LogP contribution in [0, 0.1) is 0 Å². The van der Waals surface area contributed by atoms with Crippen LogP contribution in [0.4, 0.5) is 0 Å². The van der Waals surface area contributed by atoms with E-state index in [1.807, 2.05) is 48.6 Å². The van der Waals surface area contributed by atoms with Crippen LogP contribution in [0.1, 0.15) is 0 Å². The Morgan fingerprint density at radius 1 is 0.562 bits per heavy atom. The first-order valence-corrected chi connectivity index (χ1v) is 5.14. The van der Waals surface area contributed by atoms with E-state index in [0.29, 0.717) is 0 Å². The molecule has 0 spiro atoms. The molecule has 89 valence electrons. The number of hydrogen-bond acceptors (Lipinski definition) is 3. The van der Waals surface area contributed by atoms with Crippen LogP contribution in [0.2, 0.25) is 0 Å². The van der Waals surface area contributed by atoms with Crippen molar-refractivity contribution in [3.63, 3.8) is 0 Å². The quantitative estimate of drug-likeness (QED) is 0.628. The summed E-state index contributed by atoms with van der Waals surface area (Å²) in [5, 5.41) is 0. The fourth-order valence-corrected chi connectivity index (χ4v) is 0.669. The first-order valence-electron chi connectivity index (χ1n) is 3.73. The van der Waals surface area contributed by atoms with E-state index in [0.717, 1.165) is 14.4 Å². The average molecular weight is 308 g/mol. The van der Waals surface area contributed by atoms with Gasteiger partial charge in [0.1, 0.15) is 0 Å². The third kappa shape index (κ3) is 10.8. The van der Waals surface area contributed by atoms with Crippen molar-refractivity contribution < 1.29 is 44.0 Å². The van der Waals surface area contributed by atoms with Gasteiger partial charge in [-0.05, 0) is 0 Å². The molecule has 0 aliphatic heterocycles.